The van der Waals surface area contributed by atoms with Gasteiger partial charge in [-0.3, -0.25) is 0 Å². The predicted octanol–water partition coefficient (Wildman–Crippen LogP) is 2.03. The molecule has 3 nitrogen and oxygen atoms in total. The molecule has 14 heavy (non-hydrogen) atoms. The van der Waals surface area contributed by atoms with Crippen molar-refractivity contribution in [3.63, 3.8) is 0 Å². The Morgan fingerprint density at radius 2 is 2.50 bits per heavy atom. The summed E-state index contributed by atoms with van der Waals surface area (Å²) in [6, 6.07) is 1.84. The van der Waals surface area contributed by atoms with Gasteiger partial charge in [0, 0.05) is 12.8 Å². The van der Waals surface area contributed by atoms with Gasteiger partial charge in [0.05, 0.1) is 16.2 Å². The number of hydrogen-bond donors (Lipinski definition) is 1. The molecule has 0 amide bonds. The van der Waals surface area contributed by atoms with Crippen molar-refractivity contribution in [2.75, 3.05) is 18.5 Å². The van der Waals surface area contributed by atoms with E-state index in [-0.39, 0.29) is 11.9 Å². The largest absolute Gasteiger partial charge is 0.379 e. The number of hydrogen-bond acceptors (Lipinski definition) is 3. The van der Waals surface area contributed by atoms with E-state index in [1.165, 1.54) is 0 Å². The molecular formula is C9H10FIN2O. The van der Waals surface area contributed by atoms with Crippen molar-refractivity contribution in [3.8, 4) is 0 Å². The second-order valence-electron chi connectivity index (χ2n) is 3.16. The third-order valence-electron chi connectivity index (χ3n) is 2.11. The van der Waals surface area contributed by atoms with Crippen molar-refractivity contribution in [1.82, 2.24) is 4.98 Å². The van der Waals surface area contributed by atoms with E-state index in [2.05, 4.69) is 10.3 Å². The maximum Gasteiger partial charge on any atom is 0.178 e. The van der Waals surface area contributed by atoms with Gasteiger partial charge in [-0.25, -0.2) is 9.37 Å². The van der Waals surface area contributed by atoms with E-state index in [1.807, 2.05) is 22.6 Å². The van der Waals surface area contributed by atoms with E-state index < -0.39 is 0 Å². The van der Waals surface area contributed by atoms with Crippen LogP contribution in [-0.2, 0) is 4.74 Å². The molecule has 0 unspecified atom stereocenters. The summed E-state index contributed by atoms with van der Waals surface area (Å²) in [6.45, 7) is 1.37. The highest BCUT2D eigenvalue weighted by atomic mass is 127. The summed E-state index contributed by atoms with van der Waals surface area (Å²) in [5.41, 5.74) is 0. The van der Waals surface area contributed by atoms with Gasteiger partial charge in [0.1, 0.15) is 0 Å². The molecular weight excluding hydrogens is 298 g/mol. The van der Waals surface area contributed by atoms with E-state index in [0.717, 1.165) is 13.0 Å². The normalized spacial score (nSPS) is 21.1. The van der Waals surface area contributed by atoms with Crippen LogP contribution in [-0.4, -0.2) is 24.2 Å². The zero-order valence-corrected chi connectivity index (χ0v) is 9.62. The van der Waals surface area contributed by atoms with Crippen LogP contribution >= 0.6 is 22.6 Å². The smallest absolute Gasteiger partial charge is 0.178 e. The zero-order chi connectivity index (χ0) is 9.97. The summed E-state index contributed by atoms with van der Waals surface area (Å²) in [6.07, 6.45) is 2.51. The van der Waals surface area contributed by atoms with Gasteiger partial charge in [0.2, 0.25) is 0 Å². The van der Waals surface area contributed by atoms with Gasteiger partial charge in [0.15, 0.2) is 11.6 Å². The minimum atomic E-state index is -0.278. The Kier molecular flexibility index (Phi) is 3.17. The van der Waals surface area contributed by atoms with Crippen LogP contribution in [0.5, 0.6) is 0 Å². The molecule has 0 spiro atoms. The fraction of sp³-hybridized carbons (Fsp3) is 0.444. The lowest BCUT2D eigenvalue weighted by Crippen LogP contribution is -2.20. The molecule has 0 aromatic carbocycles. The highest BCUT2D eigenvalue weighted by Gasteiger charge is 2.17. The summed E-state index contributed by atoms with van der Waals surface area (Å²) in [5.74, 6) is 0.0485. The average Bonchev–Trinajstić information content (AvgIpc) is 2.66. The highest BCUT2D eigenvalue weighted by molar-refractivity contribution is 14.1. The molecule has 2 heterocycles. The molecule has 1 atom stereocenters. The molecule has 1 saturated heterocycles. The second kappa shape index (κ2) is 4.39. The number of nitrogens with zero attached hydrogens (tertiary/aromatic N) is 1. The fourth-order valence-corrected chi connectivity index (χ4v) is 1.78. The zero-order valence-electron chi connectivity index (χ0n) is 7.46. The number of ether oxygens (including phenoxy) is 1. The van der Waals surface area contributed by atoms with Gasteiger partial charge in [-0.1, -0.05) is 0 Å². The fourth-order valence-electron chi connectivity index (χ4n) is 1.36. The Bertz CT molecular complexity index is 329. The van der Waals surface area contributed by atoms with E-state index >= 15 is 0 Å². The monoisotopic (exact) mass is 308 g/mol. The van der Waals surface area contributed by atoms with E-state index in [9.17, 15) is 4.39 Å². The third-order valence-corrected chi connectivity index (χ3v) is 2.95. The quantitative estimate of drug-likeness (QED) is 0.849. The molecule has 1 aromatic heterocycles. The Morgan fingerprint density at radius 3 is 3.21 bits per heavy atom. The van der Waals surface area contributed by atoms with Crippen LogP contribution in [0.2, 0.25) is 0 Å². The summed E-state index contributed by atoms with van der Waals surface area (Å²) in [5, 5.41) is 3.03. The van der Waals surface area contributed by atoms with Crippen LogP contribution in [0.15, 0.2) is 12.3 Å². The third kappa shape index (κ3) is 2.14. The van der Waals surface area contributed by atoms with Gasteiger partial charge in [-0.15, -0.1) is 0 Å². The van der Waals surface area contributed by atoms with Crippen molar-refractivity contribution >= 4 is 28.4 Å². The maximum atomic E-state index is 13.5. The Labute approximate surface area is 95.2 Å². The number of pyridine rings is 1. The summed E-state index contributed by atoms with van der Waals surface area (Å²) in [7, 11) is 0. The average molecular weight is 308 g/mol. The molecule has 0 saturated carbocycles. The molecule has 76 valence electrons. The molecule has 1 aromatic rings. The molecule has 1 fully saturated rings. The van der Waals surface area contributed by atoms with E-state index in [1.54, 1.807) is 12.3 Å². The van der Waals surface area contributed by atoms with Crippen LogP contribution in [0.4, 0.5) is 10.2 Å². The van der Waals surface area contributed by atoms with Crippen LogP contribution in [0.3, 0.4) is 0 Å². The SMILES string of the molecule is Fc1c(I)ccnc1N[C@H]1CCOC1. The van der Waals surface area contributed by atoms with Gasteiger partial charge < -0.3 is 10.1 Å². The Balaban J connectivity index is 2.11. The molecule has 0 radical (unpaired) electrons. The van der Waals surface area contributed by atoms with Gasteiger partial charge in [-0.2, -0.15) is 0 Å². The predicted molar refractivity (Wildman–Crippen MR) is 59.8 cm³/mol. The summed E-state index contributed by atoms with van der Waals surface area (Å²) < 4.78 is 19.2. The molecule has 0 bridgehead atoms. The lowest BCUT2D eigenvalue weighted by Gasteiger charge is -2.11. The second-order valence-corrected chi connectivity index (χ2v) is 4.32. The number of aromatic nitrogens is 1. The van der Waals surface area contributed by atoms with Crippen molar-refractivity contribution in [1.29, 1.82) is 0 Å². The number of halogens is 2. The lowest BCUT2D eigenvalue weighted by atomic mass is 10.2. The minimum Gasteiger partial charge on any atom is -0.379 e. The number of nitrogens with one attached hydrogen (secondary N) is 1. The molecule has 1 N–H and O–H groups in total. The number of anilines is 1. The minimum absolute atomic E-state index is 0.190. The van der Waals surface area contributed by atoms with Crippen LogP contribution in [0.25, 0.3) is 0 Å². The standard InChI is InChI=1S/C9H10FIN2O/c10-8-7(11)1-3-12-9(8)13-6-2-4-14-5-6/h1,3,6H,2,4-5H2,(H,12,13)/t6-/m0/s1. The Morgan fingerprint density at radius 1 is 1.64 bits per heavy atom. The molecule has 5 heteroatoms. The van der Waals surface area contributed by atoms with Crippen molar-refractivity contribution in [2.24, 2.45) is 0 Å². The van der Waals surface area contributed by atoms with Crippen molar-refractivity contribution in [2.45, 2.75) is 12.5 Å². The van der Waals surface area contributed by atoms with Gasteiger partial charge >= 0.3 is 0 Å². The van der Waals surface area contributed by atoms with E-state index in [0.29, 0.717) is 16.0 Å². The summed E-state index contributed by atoms with van der Waals surface area (Å²) in [4.78, 5) is 3.96. The first kappa shape index (κ1) is 10.1. The first-order valence-electron chi connectivity index (χ1n) is 4.41. The van der Waals surface area contributed by atoms with Crippen LogP contribution in [0, 0.1) is 9.39 Å². The van der Waals surface area contributed by atoms with Crippen molar-refractivity contribution < 1.29 is 9.13 Å². The van der Waals surface area contributed by atoms with Crippen LogP contribution < -0.4 is 5.32 Å². The highest BCUT2D eigenvalue weighted by Crippen LogP contribution is 2.19. The van der Waals surface area contributed by atoms with E-state index in [4.69, 9.17) is 4.74 Å². The first-order valence-corrected chi connectivity index (χ1v) is 5.49. The first-order chi connectivity index (χ1) is 6.77. The summed E-state index contributed by atoms with van der Waals surface area (Å²) >= 11 is 1.95. The van der Waals surface area contributed by atoms with Crippen molar-refractivity contribution in [3.05, 3.63) is 21.7 Å². The van der Waals surface area contributed by atoms with Gasteiger partial charge in [-0.05, 0) is 35.1 Å². The molecule has 2 rings (SSSR count). The molecule has 1 aliphatic heterocycles. The Hall–Kier alpha value is -0.430. The lowest BCUT2D eigenvalue weighted by molar-refractivity contribution is 0.195. The topological polar surface area (TPSA) is 34.2 Å². The molecule has 0 aliphatic carbocycles. The van der Waals surface area contributed by atoms with Gasteiger partial charge in [0.25, 0.3) is 0 Å². The maximum absolute atomic E-state index is 13.5. The van der Waals surface area contributed by atoms with Crippen LogP contribution in [0.1, 0.15) is 6.42 Å². The number of rotatable bonds is 2. The molecule has 1 aliphatic rings.